The second kappa shape index (κ2) is 18.7. The smallest absolute Gasteiger partial charge is 0.159 e. The number of hydrogen-bond donors (Lipinski definition) is 6. The molecule has 0 aromatic rings. The molecule has 8 rings (SSSR count). The Labute approximate surface area is 391 Å². The fourth-order valence-electron chi connectivity index (χ4n) is 17.3. The average Bonchev–Trinajstić information content (AvgIpc) is 3.78. The molecule has 64 heavy (non-hydrogen) atoms. The number of aliphatic hydroxyl groups is 6. The van der Waals surface area contributed by atoms with Crippen molar-refractivity contribution in [3.8, 4) is 0 Å². The van der Waals surface area contributed by atoms with Gasteiger partial charge >= 0.3 is 0 Å². The van der Waals surface area contributed by atoms with E-state index in [9.17, 15) is 30.3 Å². The van der Waals surface area contributed by atoms with Crippen LogP contribution in [-0.4, -0.2) is 72.0 Å². The van der Waals surface area contributed by atoms with Crippen LogP contribution in [0.25, 0.3) is 0 Å². The van der Waals surface area contributed by atoms with Gasteiger partial charge in [-0.25, -0.2) is 0 Å². The Morgan fingerprint density at radius 2 is 1.06 bits per heavy atom. The highest BCUT2D eigenvalue weighted by atomic mass is 16.3. The molecule has 0 saturated heterocycles. The summed E-state index contributed by atoms with van der Waals surface area (Å²) in [5, 5.41) is 60.8. The normalized spacial score (nSPS) is 45.9. The maximum atomic E-state index is 13.6. The van der Waals surface area contributed by atoms with Crippen LogP contribution in [-0.2, 0) is 4.79 Å². The SMILES string of the molecule is CC[C@]1(O)CC[C@@]2(C)C(=CC(=O)[C@H]3[C@@H]4CC[C@H]([C@H](C)CCC(C)(C)O)[C@@]4(C)CC[C@@H]32)C1.CC[C@]1(O)CC[C@@]2(C)C(=C[C@H](O)[C@H]3[C@@H]4CC[C@H]([C@H](C)CCC(C)(C)O)[C@@]4(C)CC[C@@H]32)C1.CO. The van der Waals surface area contributed by atoms with Gasteiger partial charge < -0.3 is 30.6 Å². The number of allylic oxidation sites excluding steroid dienone is 1. The molecule has 0 bridgehead atoms. The van der Waals surface area contributed by atoms with Gasteiger partial charge in [0.25, 0.3) is 0 Å². The van der Waals surface area contributed by atoms with Crippen molar-refractivity contribution < 1.29 is 35.4 Å². The lowest BCUT2D eigenvalue weighted by Crippen LogP contribution is -2.56. The molecule has 17 atom stereocenters. The summed E-state index contributed by atoms with van der Waals surface area (Å²) in [4.78, 5) is 13.6. The predicted molar refractivity (Wildman–Crippen MR) is 260 cm³/mol. The van der Waals surface area contributed by atoms with E-state index in [0.717, 1.165) is 84.2 Å². The van der Waals surface area contributed by atoms with Crippen molar-refractivity contribution >= 4 is 5.78 Å². The molecular weight excluding hydrogens is 797 g/mol. The Kier molecular flexibility index (Phi) is 15.3. The summed E-state index contributed by atoms with van der Waals surface area (Å²) in [6.45, 7) is 26.5. The molecule has 0 heterocycles. The monoisotopic (exact) mass is 895 g/mol. The summed E-state index contributed by atoms with van der Waals surface area (Å²) in [7, 11) is 1.00. The van der Waals surface area contributed by atoms with Gasteiger partial charge in [-0.1, -0.05) is 72.6 Å². The third kappa shape index (κ3) is 9.60. The van der Waals surface area contributed by atoms with Crippen LogP contribution in [0.4, 0.5) is 0 Å². The van der Waals surface area contributed by atoms with E-state index in [1.165, 1.54) is 56.1 Å². The van der Waals surface area contributed by atoms with Crippen molar-refractivity contribution in [2.45, 2.75) is 240 Å². The first-order chi connectivity index (χ1) is 29.7. The number of fused-ring (bicyclic) bond motifs is 10. The van der Waals surface area contributed by atoms with Crippen LogP contribution >= 0.6 is 0 Å². The van der Waals surface area contributed by atoms with Gasteiger partial charge in [0.05, 0.1) is 28.5 Å². The van der Waals surface area contributed by atoms with Crippen molar-refractivity contribution in [2.75, 3.05) is 7.11 Å². The van der Waals surface area contributed by atoms with E-state index in [2.05, 4.69) is 61.5 Å². The largest absolute Gasteiger partial charge is 0.400 e. The van der Waals surface area contributed by atoms with Crippen LogP contribution in [0.2, 0.25) is 0 Å². The second-order valence-corrected chi connectivity index (χ2v) is 26.2. The summed E-state index contributed by atoms with van der Waals surface area (Å²) in [6.07, 6.45) is 24.3. The maximum absolute atomic E-state index is 13.6. The summed E-state index contributed by atoms with van der Waals surface area (Å²) < 4.78 is 0. The first kappa shape index (κ1) is 52.3. The molecule has 6 fully saturated rings. The number of aliphatic hydroxyl groups excluding tert-OH is 2. The summed E-state index contributed by atoms with van der Waals surface area (Å²) in [6, 6.07) is 0. The molecule has 0 aromatic carbocycles. The van der Waals surface area contributed by atoms with Crippen molar-refractivity contribution in [1.29, 1.82) is 0 Å². The summed E-state index contributed by atoms with van der Waals surface area (Å²) in [5.74, 6) is 5.55. The molecule has 0 spiro atoms. The number of carbonyl (C=O) groups excluding carboxylic acids is 1. The van der Waals surface area contributed by atoms with Gasteiger partial charge in [0.15, 0.2) is 5.78 Å². The minimum Gasteiger partial charge on any atom is -0.400 e. The van der Waals surface area contributed by atoms with Crippen LogP contribution < -0.4 is 0 Å². The lowest BCUT2D eigenvalue weighted by Gasteiger charge is -2.60. The predicted octanol–water partition coefficient (Wildman–Crippen LogP) is 11.5. The number of rotatable bonds is 10. The maximum Gasteiger partial charge on any atom is 0.159 e. The van der Waals surface area contributed by atoms with Gasteiger partial charge in [-0.05, 0) is 237 Å². The van der Waals surface area contributed by atoms with Crippen LogP contribution in [0.5, 0.6) is 0 Å². The third-order valence-electron chi connectivity index (χ3n) is 21.6. The Hall–Kier alpha value is -1.09. The lowest BCUT2D eigenvalue weighted by molar-refractivity contribution is -0.136. The second-order valence-electron chi connectivity index (χ2n) is 26.2. The highest BCUT2D eigenvalue weighted by molar-refractivity contribution is 5.94. The molecule has 368 valence electrons. The van der Waals surface area contributed by atoms with Crippen molar-refractivity contribution in [2.24, 2.45) is 80.8 Å². The fraction of sp³-hybridized carbons (Fsp3) is 0.912. The zero-order chi connectivity index (χ0) is 47.6. The van der Waals surface area contributed by atoms with Gasteiger partial charge in [0, 0.05) is 13.0 Å². The van der Waals surface area contributed by atoms with E-state index in [1.54, 1.807) is 0 Å². The number of carbonyl (C=O) groups is 1. The average molecular weight is 895 g/mol. The molecule has 8 aliphatic rings. The molecule has 0 aliphatic heterocycles. The third-order valence-corrected chi connectivity index (χ3v) is 21.6. The van der Waals surface area contributed by atoms with Crippen LogP contribution in [0.3, 0.4) is 0 Å². The van der Waals surface area contributed by atoms with E-state index >= 15 is 0 Å². The molecular formula is C57H98O7. The highest BCUT2D eigenvalue weighted by Crippen LogP contribution is 2.69. The van der Waals surface area contributed by atoms with Gasteiger partial charge in [-0.15, -0.1) is 0 Å². The van der Waals surface area contributed by atoms with Crippen LogP contribution in [0.15, 0.2) is 23.3 Å². The minimum absolute atomic E-state index is 0.0892. The van der Waals surface area contributed by atoms with Crippen LogP contribution in [0.1, 0.15) is 212 Å². The van der Waals surface area contributed by atoms with Gasteiger partial charge in [-0.2, -0.15) is 0 Å². The van der Waals surface area contributed by atoms with E-state index in [1.807, 2.05) is 33.8 Å². The Balaban J connectivity index is 0.000000205. The molecule has 0 radical (unpaired) electrons. The number of ketones is 1. The van der Waals surface area contributed by atoms with E-state index in [-0.39, 0.29) is 28.3 Å². The zero-order valence-electron chi connectivity index (χ0n) is 43.2. The Morgan fingerprint density at radius 3 is 1.55 bits per heavy atom. The Morgan fingerprint density at radius 1 is 0.625 bits per heavy atom. The van der Waals surface area contributed by atoms with Gasteiger partial charge in [0.1, 0.15) is 0 Å². The summed E-state index contributed by atoms with van der Waals surface area (Å²) in [5.41, 5.74) is 1.01. The number of hydrogen-bond acceptors (Lipinski definition) is 7. The lowest BCUT2D eigenvalue weighted by atomic mass is 9.45. The van der Waals surface area contributed by atoms with E-state index in [0.29, 0.717) is 70.9 Å². The first-order valence-electron chi connectivity index (χ1n) is 26.6. The fourth-order valence-corrected chi connectivity index (χ4v) is 17.3. The molecule has 0 aromatic heterocycles. The highest BCUT2D eigenvalue weighted by Gasteiger charge is 2.64. The van der Waals surface area contributed by atoms with Crippen molar-refractivity contribution in [3.63, 3.8) is 0 Å². The zero-order valence-corrected chi connectivity index (χ0v) is 43.2. The molecule has 7 nitrogen and oxygen atoms in total. The molecule has 6 N–H and O–H groups in total. The minimum atomic E-state index is -0.615. The van der Waals surface area contributed by atoms with Gasteiger partial charge in [0.2, 0.25) is 0 Å². The van der Waals surface area contributed by atoms with E-state index < -0.39 is 22.4 Å². The molecule has 0 amide bonds. The molecule has 6 saturated carbocycles. The van der Waals surface area contributed by atoms with Crippen molar-refractivity contribution in [3.05, 3.63) is 23.3 Å². The van der Waals surface area contributed by atoms with E-state index in [4.69, 9.17) is 5.11 Å². The topological polar surface area (TPSA) is 138 Å². The quantitative estimate of drug-likeness (QED) is 0.120. The van der Waals surface area contributed by atoms with Crippen LogP contribution in [0, 0.1) is 80.8 Å². The van der Waals surface area contributed by atoms with Gasteiger partial charge in [-0.3, -0.25) is 4.79 Å². The van der Waals surface area contributed by atoms with Crippen molar-refractivity contribution in [1.82, 2.24) is 0 Å². The molecule has 0 unspecified atom stereocenters. The standard InChI is InChI=1S/C28H48O3.C28H46O3.CH4O/c2*1-7-28(31)15-14-26(5)19(17-28)16-23(29)24-21-9-8-20(18(2)10-12-25(3,4)30)27(21,6)13-11-22(24)26;1-2/h16,18,20-24,29-31H,7-15,17H2,1-6H3;16,18,20-22,24,30-31H,7-15,17H2,1-6H3;2H,1H3/t18-,20-,21+,22+,23+,24+,26+,27-,28+;18-,20-,21+,22+,24+,26+,27-,28+;/m11./s1. The first-order valence-corrected chi connectivity index (χ1v) is 26.6. The Bertz CT molecular complexity index is 1700. The summed E-state index contributed by atoms with van der Waals surface area (Å²) >= 11 is 0. The molecule has 7 heteroatoms. The molecule has 8 aliphatic carbocycles.